The number of hydrogen-bond acceptors (Lipinski definition) is 9. The van der Waals surface area contributed by atoms with Crippen LogP contribution in [0.4, 0.5) is 5.13 Å². The number of aromatic nitrogens is 4. The second kappa shape index (κ2) is 8.70. The molecule has 0 aliphatic rings. The number of sulfone groups is 1. The summed E-state index contributed by atoms with van der Waals surface area (Å²) < 4.78 is 24.8. The van der Waals surface area contributed by atoms with Gasteiger partial charge in [-0.25, -0.2) is 18.4 Å². The largest absolute Gasteiger partial charge is 0.295 e. The summed E-state index contributed by atoms with van der Waals surface area (Å²) in [6, 6.07) is 6.44. The highest BCUT2D eigenvalue weighted by Crippen LogP contribution is 2.25. The third-order valence-corrected chi connectivity index (χ3v) is 7.35. The molecule has 2 heterocycles. The van der Waals surface area contributed by atoms with Gasteiger partial charge in [-0.05, 0) is 24.0 Å². The average Bonchev–Trinajstić information content (AvgIpc) is 3.13. The molecular formula is C15H11Cl2N5O3S3. The first-order valence-corrected chi connectivity index (χ1v) is 11.9. The smallest absolute Gasteiger partial charge is 0.277 e. The molecule has 0 aliphatic carbocycles. The number of benzene rings is 1. The zero-order chi connectivity index (χ0) is 20.3. The number of halogens is 2. The van der Waals surface area contributed by atoms with Gasteiger partial charge in [0.2, 0.25) is 19.3 Å². The molecule has 146 valence electrons. The van der Waals surface area contributed by atoms with E-state index in [1.54, 1.807) is 30.5 Å². The summed E-state index contributed by atoms with van der Waals surface area (Å²) in [4.78, 5) is 20.4. The van der Waals surface area contributed by atoms with Crippen molar-refractivity contribution in [2.24, 2.45) is 0 Å². The van der Waals surface area contributed by atoms with Crippen LogP contribution in [0.3, 0.4) is 0 Å². The van der Waals surface area contributed by atoms with Crippen LogP contribution in [0.25, 0.3) is 0 Å². The Morgan fingerprint density at radius 2 is 1.93 bits per heavy atom. The van der Waals surface area contributed by atoms with E-state index in [0.717, 1.165) is 11.3 Å². The van der Waals surface area contributed by atoms with E-state index in [1.165, 1.54) is 18.0 Å². The average molecular weight is 476 g/mol. The number of carbonyl (C=O) groups excluding carboxylic acids is 1. The third kappa shape index (κ3) is 4.97. The van der Waals surface area contributed by atoms with Crippen LogP contribution in [0.5, 0.6) is 0 Å². The lowest BCUT2D eigenvalue weighted by Crippen LogP contribution is -2.15. The number of anilines is 1. The van der Waals surface area contributed by atoms with Crippen molar-refractivity contribution in [2.45, 2.75) is 15.2 Å². The number of thioether (sulfide) groups is 1. The molecule has 1 aromatic carbocycles. The molecule has 0 fully saturated rings. The summed E-state index contributed by atoms with van der Waals surface area (Å²) in [5.74, 6) is -0.901. The monoisotopic (exact) mass is 475 g/mol. The molecule has 0 bridgehead atoms. The van der Waals surface area contributed by atoms with Gasteiger partial charge in [-0.1, -0.05) is 58.4 Å². The molecular weight excluding hydrogens is 465 g/mol. The highest BCUT2D eigenvalue weighted by atomic mass is 35.5. The fourth-order valence-corrected chi connectivity index (χ4v) is 4.97. The van der Waals surface area contributed by atoms with E-state index >= 15 is 0 Å². The molecule has 2 aromatic heterocycles. The van der Waals surface area contributed by atoms with Gasteiger partial charge in [-0.15, -0.1) is 10.2 Å². The Morgan fingerprint density at radius 1 is 1.21 bits per heavy atom. The van der Waals surface area contributed by atoms with Gasteiger partial charge in [-0.3, -0.25) is 10.1 Å². The molecule has 3 rings (SSSR count). The van der Waals surface area contributed by atoms with Crippen molar-refractivity contribution in [3.8, 4) is 0 Å². The van der Waals surface area contributed by atoms with Crippen LogP contribution < -0.4 is 5.32 Å². The van der Waals surface area contributed by atoms with E-state index in [4.69, 9.17) is 23.2 Å². The molecule has 0 atom stereocenters. The highest BCUT2D eigenvalue weighted by molar-refractivity contribution is 7.98. The lowest BCUT2D eigenvalue weighted by Gasteiger charge is -2.03. The molecule has 0 spiro atoms. The quantitative estimate of drug-likeness (QED) is 0.326. The predicted molar refractivity (Wildman–Crippen MR) is 109 cm³/mol. The van der Waals surface area contributed by atoms with Crippen LogP contribution in [0, 0.1) is 0 Å². The molecule has 1 N–H and O–H groups in total. The van der Waals surface area contributed by atoms with Crippen LogP contribution in [0.2, 0.25) is 10.0 Å². The normalized spacial score (nSPS) is 11.4. The molecule has 0 saturated carbocycles. The first-order valence-electron chi connectivity index (χ1n) is 7.47. The number of nitrogens with zero attached hydrogens (tertiary/aromatic N) is 4. The minimum atomic E-state index is -3.73. The predicted octanol–water partition coefficient (Wildman–Crippen LogP) is 3.58. The SMILES string of the molecule is CSc1ncc(Cl)c(C(=O)Nc2nnc(S(=O)(=O)Cc3ccc(Cl)cc3)s2)n1. The summed E-state index contributed by atoms with van der Waals surface area (Å²) in [6.45, 7) is 0. The Hall–Kier alpha value is -1.79. The maximum Gasteiger partial charge on any atom is 0.277 e. The zero-order valence-electron chi connectivity index (χ0n) is 14.1. The van der Waals surface area contributed by atoms with Crippen molar-refractivity contribution >= 4 is 67.2 Å². The van der Waals surface area contributed by atoms with Gasteiger partial charge in [0.1, 0.15) is 0 Å². The Labute approximate surface area is 178 Å². The molecule has 1 amide bonds. The van der Waals surface area contributed by atoms with Crippen LogP contribution >= 0.6 is 46.3 Å². The van der Waals surface area contributed by atoms with Crippen LogP contribution in [-0.2, 0) is 15.6 Å². The van der Waals surface area contributed by atoms with Crippen LogP contribution in [0.1, 0.15) is 16.1 Å². The third-order valence-electron chi connectivity index (χ3n) is 3.28. The van der Waals surface area contributed by atoms with Crippen molar-refractivity contribution in [1.29, 1.82) is 0 Å². The van der Waals surface area contributed by atoms with Crippen molar-refractivity contribution in [2.75, 3.05) is 11.6 Å². The summed E-state index contributed by atoms with van der Waals surface area (Å²) in [7, 11) is -3.73. The standard InChI is InChI=1S/C15H11Cl2N5O3S3/c1-26-13-18-6-10(17)11(19-13)12(23)20-14-21-22-15(27-14)28(24,25)7-8-2-4-9(16)5-3-8/h2-6H,7H2,1H3,(H,20,21,23). The molecule has 0 unspecified atom stereocenters. The van der Waals surface area contributed by atoms with Crippen molar-refractivity contribution in [3.63, 3.8) is 0 Å². The van der Waals surface area contributed by atoms with Gasteiger partial charge in [0.15, 0.2) is 10.9 Å². The van der Waals surface area contributed by atoms with Gasteiger partial charge in [0.25, 0.3) is 5.91 Å². The first kappa shape index (κ1) is 20.9. The number of hydrogen-bond donors (Lipinski definition) is 1. The first-order chi connectivity index (χ1) is 13.3. The lowest BCUT2D eigenvalue weighted by molar-refractivity contribution is 0.102. The fraction of sp³-hybridized carbons (Fsp3) is 0.133. The van der Waals surface area contributed by atoms with Gasteiger partial charge < -0.3 is 0 Å². The van der Waals surface area contributed by atoms with E-state index < -0.39 is 15.7 Å². The van der Waals surface area contributed by atoms with Crippen LogP contribution in [0.15, 0.2) is 40.0 Å². The minimum Gasteiger partial charge on any atom is -0.295 e. The van der Waals surface area contributed by atoms with Crippen molar-refractivity contribution in [1.82, 2.24) is 20.2 Å². The van der Waals surface area contributed by atoms with Crippen molar-refractivity contribution in [3.05, 3.63) is 51.8 Å². The second-order valence-corrected chi connectivity index (χ2v) is 10.0. The highest BCUT2D eigenvalue weighted by Gasteiger charge is 2.23. The summed E-state index contributed by atoms with van der Waals surface area (Å²) in [6.07, 6.45) is 3.07. The summed E-state index contributed by atoms with van der Waals surface area (Å²) in [5.41, 5.74) is 0.518. The maximum absolute atomic E-state index is 12.5. The van der Waals surface area contributed by atoms with E-state index in [2.05, 4.69) is 25.5 Å². The van der Waals surface area contributed by atoms with Crippen molar-refractivity contribution < 1.29 is 13.2 Å². The van der Waals surface area contributed by atoms with Gasteiger partial charge in [-0.2, -0.15) is 0 Å². The number of nitrogens with one attached hydrogen (secondary N) is 1. The zero-order valence-corrected chi connectivity index (χ0v) is 18.0. The topological polar surface area (TPSA) is 115 Å². The van der Waals surface area contributed by atoms with Gasteiger partial charge in [0, 0.05) is 5.02 Å². The molecule has 0 radical (unpaired) electrons. The fourth-order valence-electron chi connectivity index (χ4n) is 2.01. The van der Waals surface area contributed by atoms with Gasteiger partial charge >= 0.3 is 0 Å². The number of carbonyl (C=O) groups is 1. The second-order valence-electron chi connectivity index (χ2n) is 5.27. The Kier molecular flexibility index (Phi) is 6.50. The number of rotatable bonds is 6. The molecule has 13 heteroatoms. The van der Waals surface area contributed by atoms with E-state index in [-0.39, 0.29) is 25.9 Å². The van der Waals surface area contributed by atoms with E-state index in [9.17, 15) is 13.2 Å². The summed E-state index contributed by atoms with van der Waals surface area (Å²) in [5, 5.41) is 10.8. The Bertz CT molecular complexity index is 1120. The molecule has 28 heavy (non-hydrogen) atoms. The minimum absolute atomic E-state index is 0.0139. The molecule has 0 aliphatic heterocycles. The molecule has 8 nitrogen and oxygen atoms in total. The molecule has 3 aromatic rings. The lowest BCUT2D eigenvalue weighted by atomic mass is 10.2. The van der Waals surface area contributed by atoms with Crippen LogP contribution in [-0.4, -0.2) is 40.7 Å². The van der Waals surface area contributed by atoms with Gasteiger partial charge in [0.05, 0.1) is 17.0 Å². The Balaban J connectivity index is 1.76. The van der Waals surface area contributed by atoms with E-state index in [0.29, 0.717) is 15.7 Å². The summed E-state index contributed by atoms with van der Waals surface area (Å²) >= 11 is 13.8. The molecule has 0 saturated heterocycles. The maximum atomic E-state index is 12.5. The van der Waals surface area contributed by atoms with E-state index in [1.807, 2.05) is 0 Å². The Morgan fingerprint density at radius 3 is 2.61 bits per heavy atom. The number of amides is 1.